The van der Waals surface area contributed by atoms with Crippen molar-refractivity contribution in [2.24, 2.45) is 0 Å². The number of nitrogens with two attached hydrogens (primary N) is 1. The number of hydrogen-bond donors (Lipinski definition) is 3. The number of nitrogen functional groups attached to an aromatic ring is 1. The maximum absolute atomic E-state index is 10.3. The lowest BCUT2D eigenvalue weighted by Crippen LogP contribution is -2.33. The average molecular weight is 253 g/mol. The monoisotopic (exact) mass is 253 g/mol. The summed E-state index contributed by atoms with van der Waals surface area (Å²) in [6.07, 6.45) is 2.92. The molecule has 0 aliphatic rings. The molecule has 0 saturated heterocycles. The van der Waals surface area contributed by atoms with Crippen molar-refractivity contribution in [1.82, 2.24) is 10.3 Å². The minimum atomic E-state index is -0.742. The zero-order valence-corrected chi connectivity index (χ0v) is 11.1. The van der Waals surface area contributed by atoms with Gasteiger partial charge in [-0.2, -0.15) is 0 Å². The van der Waals surface area contributed by atoms with E-state index in [1.165, 1.54) is 0 Å². The van der Waals surface area contributed by atoms with Crippen LogP contribution in [-0.2, 0) is 11.2 Å². The lowest BCUT2D eigenvalue weighted by Gasteiger charge is -2.23. The lowest BCUT2D eigenvalue weighted by molar-refractivity contribution is 0.0510. The van der Waals surface area contributed by atoms with Gasteiger partial charge in [-0.25, -0.2) is 4.98 Å². The Kier molecular flexibility index (Phi) is 6.04. The van der Waals surface area contributed by atoms with Gasteiger partial charge in [-0.3, -0.25) is 0 Å². The maximum atomic E-state index is 10.3. The largest absolute Gasteiger partial charge is 0.390 e. The van der Waals surface area contributed by atoms with Crippen LogP contribution in [0.25, 0.3) is 0 Å². The Morgan fingerprint density at radius 3 is 2.94 bits per heavy atom. The standard InChI is InChI=1S/C13H23N3O2/c1-13(17,4-6-15-7-8-18-2)10-11-3-5-16-12(14)9-11/h3,5,9,15,17H,4,6-8,10H2,1-2H3,(H2,14,16). The van der Waals surface area contributed by atoms with Crippen molar-refractivity contribution in [3.63, 3.8) is 0 Å². The van der Waals surface area contributed by atoms with Gasteiger partial charge in [0, 0.05) is 26.3 Å². The summed E-state index contributed by atoms with van der Waals surface area (Å²) in [5, 5.41) is 13.5. The predicted octanol–water partition coefficient (Wildman–Crippen LogP) is 0.583. The Balaban J connectivity index is 2.34. The molecule has 0 fully saturated rings. The summed E-state index contributed by atoms with van der Waals surface area (Å²) in [6, 6.07) is 3.68. The molecular formula is C13H23N3O2. The van der Waals surface area contributed by atoms with E-state index in [2.05, 4.69) is 10.3 Å². The molecular weight excluding hydrogens is 230 g/mol. The van der Waals surface area contributed by atoms with E-state index in [-0.39, 0.29) is 0 Å². The van der Waals surface area contributed by atoms with E-state index in [0.717, 1.165) is 18.7 Å². The molecule has 1 heterocycles. The first-order valence-electron chi connectivity index (χ1n) is 6.16. The van der Waals surface area contributed by atoms with Crippen LogP contribution in [0.5, 0.6) is 0 Å². The molecule has 5 heteroatoms. The van der Waals surface area contributed by atoms with Crippen LogP contribution in [0.1, 0.15) is 18.9 Å². The number of anilines is 1. The fourth-order valence-electron chi connectivity index (χ4n) is 1.79. The van der Waals surface area contributed by atoms with E-state index in [9.17, 15) is 5.11 Å². The minimum absolute atomic E-state index is 0.488. The molecule has 18 heavy (non-hydrogen) atoms. The van der Waals surface area contributed by atoms with Crippen LogP contribution >= 0.6 is 0 Å². The van der Waals surface area contributed by atoms with Crippen molar-refractivity contribution in [3.8, 4) is 0 Å². The van der Waals surface area contributed by atoms with Crippen molar-refractivity contribution in [2.45, 2.75) is 25.4 Å². The van der Waals surface area contributed by atoms with Gasteiger partial charge in [0.15, 0.2) is 0 Å². The summed E-state index contributed by atoms with van der Waals surface area (Å²) >= 11 is 0. The third-order valence-electron chi connectivity index (χ3n) is 2.75. The van der Waals surface area contributed by atoms with E-state index >= 15 is 0 Å². The topological polar surface area (TPSA) is 80.4 Å². The van der Waals surface area contributed by atoms with Crippen molar-refractivity contribution < 1.29 is 9.84 Å². The summed E-state index contributed by atoms with van der Waals surface area (Å²) in [6.45, 7) is 4.08. The van der Waals surface area contributed by atoms with E-state index < -0.39 is 5.60 Å². The second-order valence-corrected chi connectivity index (χ2v) is 4.76. The third kappa shape index (κ3) is 5.95. The van der Waals surface area contributed by atoms with Gasteiger partial charge in [0.1, 0.15) is 5.82 Å². The Hall–Kier alpha value is -1.17. The van der Waals surface area contributed by atoms with Crippen LogP contribution in [0.15, 0.2) is 18.3 Å². The zero-order valence-electron chi connectivity index (χ0n) is 11.1. The molecule has 1 aromatic rings. The number of ether oxygens (including phenoxy) is 1. The SMILES string of the molecule is COCCNCCC(C)(O)Cc1ccnc(N)c1. The molecule has 0 aliphatic carbocycles. The summed E-state index contributed by atoms with van der Waals surface area (Å²) < 4.78 is 4.94. The molecule has 0 aromatic carbocycles. The molecule has 1 aromatic heterocycles. The van der Waals surface area contributed by atoms with Crippen LogP contribution in [-0.4, -0.2) is 42.5 Å². The van der Waals surface area contributed by atoms with E-state index in [0.29, 0.717) is 25.3 Å². The van der Waals surface area contributed by atoms with Crippen LogP contribution in [0.4, 0.5) is 5.82 Å². The minimum Gasteiger partial charge on any atom is -0.390 e. The van der Waals surface area contributed by atoms with Gasteiger partial charge in [-0.1, -0.05) is 0 Å². The third-order valence-corrected chi connectivity index (χ3v) is 2.75. The summed E-state index contributed by atoms with van der Waals surface area (Å²) in [5.74, 6) is 0.488. The molecule has 0 aliphatic heterocycles. The molecule has 1 atom stereocenters. The number of pyridine rings is 1. The van der Waals surface area contributed by atoms with Crippen molar-refractivity contribution in [1.29, 1.82) is 0 Å². The first-order chi connectivity index (χ1) is 8.53. The molecule has 0 spiro atoms. The van der Waals surface area contributed by atoms with Gasteiger partial charge < -0.3 is 20.9 Å². The van der Waals surface area contributed by atoms with Crippen molar-refractivity contribution >= 4 is 5.82 Å². The fraction of sp³-hybridized carbons (Fsp3) is 0.615. The maximum Gasteiger partial charge on any atom is 0.123 e. The molecule has 1 rings (SSSR count). The Bertz CT molecular complexity index is 356. The lowest BCUT2D eigenvalue weighted by atomic mass is 9.93. The quantitative estimate of drug-likeness (QED) is 0.591. The van der Waals surface area contributed by atoms with Gasteiger partial charge in [0.2, 0.25) is 0 Å². The van der Waals surface area contributed by atoms with Crippen LogP contribution in [0.3, 0.4) is 0 Å². The summed E-state index contributed by atoms with van der Waals surface area (Å²) in [4.78, 5) is 3.94. The zero-order chi connectivity index (χ0) is 13.4. The predicted molar refractivity (Wildman–Crippen MR) is 72.3 cm³/mol. The number of nitrogens with zero attached hydrogens (tertiary/aromatic N) is 1. The van der Waals surface area contributed by atoms with Gasteiger partial charge in [-0.05, 0) is 37.6 Å². The van der Waals surface area contributed by atoms with Gasteiger partial charge in [0.25, 0.3) is 0 Å². The van der Waals surface area contributed by atoms with Gasteiger partial charge in [-0.15, -0.1) is 0 Å². The highest BCUT2D eigenvalue weighted by molar-refractivity contribution is 5.32. The highest BCUT2D eigenvalue weighted by atomic mass is 16.5. The van der Waals surface area contributed by atoms with E-state index in [4.69, 9.17) is 10.5 Å². The van der Waals surface area contributed by atoms with Crippen molar-refractivity contribution in [2.75, 3.05) is 32.5 Å². The molecule has 1 unspecified atom stereocenters. The van der Waals surface area contributed by atoms with E-state index in [1.54, 1.807) is 19.4 Å². The van der Waals surface area contributed by atoms with Gasteiger partial charge in [0.05, 0.1) is 12.2 Å². The molecule has 0 bridgehead atoms. The number of hydrogen-bond acceptors (Lipinski definition) is 5. The van der Waals surface area contributed by atoms with E-state index in [1.807, 2.05) is 13.0 Å². The number of aliphatic hydroxyl groups is 1. The molecule has 5 nitrogen and oxygen atoms in total. The highest BCUT2D eigenvalue weighted by Gasteiger charge is 2.20. The summed E-state index contributed by atoms with van der Waals surface area (Å²) in [7, 11) is 1.67. The average Bonchev–Trinajstić information content (AvgIpc) is 2.28. The Labute approximate surface area is 108 Å². The molecule has 4 N–H and O–H groups in total. The molecule has 0 saturated carbocycles. The normalized spacial score (nSPS) is 14.4. The number of nitrogens with one attached hydrogen (secondary N) is 1. The number of rotatable bonds is 8. The second kappa shape index (κ2) is 7.31. The van der Waals surface area contributed by atoms with Gasteiger partial charge >= 0.3 is 0 Å². The Morgan fingerprint density at radius 2 is 2.28 bits per heavy atom. The fourth-order valence-corrected chi connectivity index (χ4v) is 1.79. The second-order valence-electron chi connectivity index (χ2n) is 4.76. The van der Waals surface area contributed by atoms with Crippen molar-refractivity contribution in [3.05, 3.63) is 23.9 Å². The summed E-state index contributed by atoms with van der Waals surface area (Å²) in [5.41, 5.74) is 5.88. The molecule has 102 valence electrons. The molecule has 0 radical (unpaired) electrons. The number of aromatic nitrogens is 1. The highest BCUT2D eigenvalue weighted by Crippen LogP contribution is 2.17. The first-order valence-corrected chi connectivity index (χ1v) is 6.16. The van der Waals surface area contributed by atoms with Crippen LogP contribution < -0.4 is 11.1 Å². The van der Waals surface area contributed by atoms with Crippen LogP contribution in [0, 0.1) is 0 Å². The number of methoxy groups -OCH3 is 1. The molecule has 0 amide bonds. The Morgan fingerprint density at radius 1 is 1.50 bits per heavy atom. The first kappa shape index (κ1) is 14.9. The van der Waals surface area contributed by atoms with Crippen LogP contribution in [0.2, 0.25) is 0 Å². The smallest absolute Gasteiger partial charge is 0.123 e.